The lowest BCUT2D eigenvalue weighted by Crippen LogP contribution is -1.94. The fourth-order valence-corrected chi connectivity index (χ4v) is 0.965. The van der Waals surface area contributed by atoms with Gasteiger partial charge in [0.05, 0.1) is 12.4 Å². The van der Waals surface area contributed by atoms with Gasteiger partial charge in [0.1, 0.15) is 0 Å². The first-order valence-corrected chi connectivity index (χ1v) is 3.58. The average Bonchev–Trinajstić information content (AvgIpc) is 1.97. The summed E-state index contributed by atoms with van der Waals surface area (Å²) in [4.78, 5) is 0. The van der Waals surface area contributed by atoms with Crippen LogP contribution in [-0.4, -0.2) is 6.61 Å². The molecule has 0 aromatic rings. The second-order valence-electron chi connectivity index (χ2n) is 2.79. The maximum Gasteiger partial charge on any atom is 0.0889 e. The molecule has 1 atom stereocenters. The number of rotatable bonds is 0. The minimum atomic E-state index is 0.808. The van der Waals surface area contributed by atoms with Crippen LogP contribution in [0.4, 0.5) is 0 Å². The van der Waals surface area contributed by atoms with E-state index in [4.69, 9.17) is 4.74 Å². The average molecular weight is 126 g/mol. The first kappa shape index (κ1) is 6.66. The van der Waals surface area contributed by atoms with Crippen molar-refractivity contribution in [2.45, 2.75) is 26.7 Å². The smallest absolute Gasteiger partial charge is 0.0889 e. The van der Waals surface area contributed by atoms with Gasteiger partial charge in [0.2, 0.25) is 0 Å². The molecule has 0 fully saturated rings. The first-order chi connectivity index (χ1) is 4.29. The van der Waals surface area contributed by atoms with Gasteiger partial charge in [-0.3, -0.25) is 0 Å². The van der Waals surface area contributed by atoms with Crippen LogP contribution in [0.1, 0.15) is 26.7 Å². The summed E-state index contributed by atoms with van der Waals surface area (Å²) >= 11 is 0. The molecule has 9 heavy (non-hydrogen) atoms. The van der Waals surface area contributed by atoms with Crippen molar-refractivity contribution in [3.63, 3.8) is 0 Å². The molecule has 0 aliphatic carbocycles. The van der Waals surface area contributed by atoms with E-state index < -0.39 is 0 Å². The third-order valence-electron chi connectivity index (χ3n) is 1.75. The van der Waals surface area contributed by atoms with Crippen molar-refractivity contribution in [1.82, 2.24) is 0 Å². The van der Waals surface area contributed by atoms with Crippen molar-refractivity contribution >= 4 is 0 Å². The summed E-state index contributed by atoms with van der Waals surface area (Å²) in [6.07, 6.45) is 4.57. The molecule has 0 saturated carbocycles. The van der Waals surface area contributed by atoms with E-state index in [0.29, 0.717) is 0 Å². The summed E-state index contributed by atoms with van der Waals surface area (Å²) in [5, 5.41) is 0. The van der Waals surface area contributed by atoms with Crippen molar-refractivity contribution < 1.29 is 4.74 Å². The Morgan fingerprint density at radius 3 is 3.22 bits per heavy atom. The Hall–Kier alpha value is -0.460. The molecular weight excluding hydrogens is 112 g/mol. The summed E-state index contributed by atoms with van der Waals surface area (Å²) in [7, 11) is 0. The van der Waals surface area contributed by atoms with Crippen LogP contribution in [-0.2, 0) is 4.74 Å². The number of hydrogen-bond donors (Lipinski definition) is 0. The molecule has 0 N–H and O–H groups in total. The summed E-state index contributed by atoms with van der Waals surface area (Å²) in [5.41, 5.74) is 0. The molecule has 52 valence electrons. The molecular formula is C8H14O. The van der Waals surface area contributed by atoms with E-state index in [1.54, 1.807) is 0 Å². The van der Waals surface area contributed by atoms with Gasteiger partial charge in [0.15, 0.2) is 0 Å². The van der Waals surface area contributed by atoms with E-state index in [-0.39, 0.29) is 0 Å². The lowest BCUT2D eigenvalue weighted by atomic mass is 10.1. The van der Waals surface area contributed by atoms with Crippen molar-refractivity contribution in [3.05, 3.63) is 11.8 Å². The monoisotopic (exact) mass is 126 g/mol. The van der Waals surface area contributed by atoms with Crippen LogP contribution in [0, 0.1) is 5.92 Å². The van der Waals surface area contributed by atoms with E-state index in [1.165, 1.54) is 12.8 Å². The van der Waals surface area contributed by atoms with E-state index in [9.17, 15) is 0 Å². The van der Waals surface area contributed by atoms with Gasteiger partial charge < -0.3 is 4.74 Å². The second kappa shape index (κ2) is 2.90. The second-order valence-corrected chi connectivity index (χ2v) is 2.79. The molecule has 1 heterocycles. The molecule has 1 aliphatic rings. The molecule has 0 unspecified atom stereocenters. The third-order valence-corrected chi connectivity index (χ3v) is 1.75. The molecule has 0 radical (unpaired) electrons. The van der Waals surface area contributed by atoms with Gasteiger partial charge in [0, 0.05) is 0 Å². The molecule has 1 heteroatoms. The number of hydrogen-bond acceptors (Lipinski definition) is 1. The Balaban J connectivity index is 2.42. The van der Waals surface area contributed by atoms with Crippen LogP contribution >= 0.6 is 0 Å². The Labute approximate surface area is 56.7 Å². The van der Waals surface area contributed by atoms with Gasteiger partial charge >= 0.3 is 0 Å². The minimum absolute atomic E-state index is 0.808. The molecule has 0 amide bonds. The van der Waals surface area contributed by atoms with Crippen LogP contribution in [0.2, 0.25) is 0 Å². The molecule has 0 spiro atoms. The van der Waals surface area contributed by atoms with Crippen molar-refractivity contribution in [3.8, 4) is 0 Å². The molecule has 1 aliphatic heterocycles. The Bertz CT molecular complexity index is 116. The standard InChI is InChI=1S/C8H14O/c1-7-3-4-8(2)9-6-5-7/h4,7H,3,5-6H2,1-2H3/t7-/m0/s1. The topological polar surface area (TPSA) is 9.23 Å². The van der Waals surface area contributed by atoms with E-state index >= 15 is 0 Å². The van der Waals surface area contributed by atoms with E-state index in [0.717, 1.165) is 18.3 Å². The minimum Gasteiger partial charge on any atom is -0.499 e. The van der Waals surface area contributed by atoms with Crippen molar-refractivity contribution in [2.24, 2.45) is 5.92 Å². The van der Waals surface area contributed by atoms with Gasteiger partial charge in [-0.1, -0.05) is 6.92 Å². The normalized spacial score (nSPS) is 28.2. The fraction of sp³-hybridized carbons (Fsp3) is 0.750. The van der Waals surface area contributed by atoms with E-state index in [1.807, 2.05) is 6.92 Å². The molecule has 0 saturated heterocycles. The summed E-state index contributed by atoms with van der Waals surface area (Å²) < 4.78 is 5.33. The van der Waals surface area contributed by atoms with E-state index in [2.05, 4.69) is 13.0 Å². The number of allylic oxidation sites excluding steroid dienone is 2. The highest BCUT2D eigenvalue weighted by Crippen LogP contribution is 2.15. The summed E-state index contributed by atoms with van der Waals surface area (Å²) in [6, 6.07) is 0. The zero-order valence-corrected chi connectivity index (χ0v) is 6.18. The molecule has 0 aromatic heterocycles. The van der Waals surface area contributed by atoms with Gasteiger partial charge in [-0.15, -0.1) is 0 Å². The largest absolute Gasteiger partial charge is 0.499 e. The highest BCUT2D eigenvalue weighted by atomic mass is 16.5. The predicted octanol–water partition coefficient (Wildman–Crippen LogP) is 2.34. The maximum atomic E-state index is 5.33. The Morgan fingerprint density at radius 2 is 2.44 bits per heavy atom. The third kappa shape index (κ3) is 2.08. The molecule has 1 nitrogen and oxygen atoms in total. The van der Waals surface area contributed by atoms with Crippen LogP contribution in [0.15, 0.2) is 11.8 Å². The predicted molar refractivity (Wildman–Crippen MR) is 38.1 cm³/mol. The highest BCUT2D eigenvalue weighted by Gasteiger charge is 2.04. The van der Waals surface area contributed by atoms with Crippen LogP contribution in [0.3, 0.4) is 0 Å². The first-order valence-electron chi connectivity index (χ1n) is 3.58. The maximum absolute atomic E-state index is 5.33. The molecule has 0 aromatic carbocycles. The van der Waals surface area contributed by atoms with Crippen molar-refractivity contribution in [2.75, 3.05) is 6.61 Å². The fourth-order valence-electron chi connectivity index (χ4n) is 0.965. The summed E-state index contributed by atoms with van der Waals surface area (Å²) in [5.74, 6) is 1.90. The quantitative estimate of drug-likeness (QED) is 0.484. The molecule has 1 rings (SSSR count). The lowest BCUT2D eigenvalue weighted by molar-refractivity contribution is 0.206. The van der Waals surface area contributed by atoms with Crippen LogP contribution < -0.4 is 0 Å². The van der Waals surface area contributed by atoms with Crippen LogP contribution in [0.25, 0.3) is 0 Å². The summed E-state index contributed by atoms with van der Waals surface area (Å²) in [6.45, 7) is 5.19. The Morgan fingerprint density at radius 1 is 1.67 bits per heavy atom. The molecule has 0 bridgehead atoms. The SMILES string of the molecule is CC1=CC[C@H](C)CCO1. The van der Waals surface area contributed by atoms with Gasteiger partial charge in [0.25, 0.3) is 0 Å². The zero-order valence-electron chi connectivity index (χ0n) is 6.18. The van der Waals surface area contributed by atoms with Crippen LogP contribution in [0.5, 0.6) is 0 Å². The van der Waals surface area contributed by atoms with Gasteiger partial charge in [-0.2, -0.15) is 0 Å². The number of ether oxygens (including phenoxy) is 1. The zero-order chi connectivity index (χ0) is 6.69. The highest BCUT2D eigenvalue weighted by molar-refractivity contribution is 4.91. The van der Waals surface area contributed by atoms with Gasteiger partial charge in [-0.05, 0) is 31.8 Å². The van der Waals surface area contributed by atoms with Gasteiger partial charge in [-0.25, -0.2) is 0 Å². The van der Waals surface area contributed by atoms with Crippen molar-refractivity contribution in [1.29, 1.82) is 0 Å². The Kier molecular flexibility index (Phi) is 2.15. The lowest BCUT2D eigenvalue weighted by Gasteiger charge is -2.02.